The molecule has 2 saturated heterocycles. The molecule has 1 atom stereocenters. The number of nitrogens with two attached hydrogens (primary N) is 1. The van der Waals surface area contributed by atoms with Gasteiger partial charge >= 0.3 is 0 Å². The third-order valence-corrected chi connectivity index (χ3v) is 5.00. The number of ether oxygens (including phenoxy) is 1. The quantitative estimate of drug-likeness (QED) is 0.903. The van der Waals surface area contributed by atoms with Gasteiger partial charge in [0.1, 0.15) is 0 Å². The first-order valence-corrected chi connectivity index (χ1v) is 8.60. The predicted octanol–water partition coefficient (Wildman–Crippen LogP) is 1.08. The third-order valence-electron chi connectivity index (χ3n) is 5.00. The summed E-state index contributed by atoms with van der Waals surface area (Å²) in [5, 5.41) is 0. The fourth-order valence-electron chi connectivity index (χ4n) is 3.65. The van der Waals surface area contributed by atoms with Gasteiger partial charge in [0.15, 0.2) is 0 Å². The van der Waals surface area contributed by atoms with E-state index in [0.717, 1.165) is 58.8 Å². The summed E-state index contributed by atoms with van der Waals surface area (Å²) < 4.78 is 5.47. The Morgan fingerprint density at radius 2 is 1.87 bits per heavy atom. The molecule has 1 aromatic rings. The van der Waals surface area contributed by atoms with Crippen LogP contribution in [0.25, 0.3) is 0 Å². The molecule has 2 aliphatic heterocycles. The number of primary amides is 1. The van der Waals surface area contributed by atoms with Crippen molar-refractivity contribution in [2.24, 2.45) is 11.7 Å². The number of hydrogen-bond donors (Lipinski definition) is 1. The Kier molecular flexibility index (Phi) is 5.65. The van der Waals surface area contributed by atoms with Crippen molar-refractivity contribution in [3.05, 3.63) is 35.9 Å². The summed E-state index contributed by atoms with van der Waals surface area (Å²) in [4.78, 5) is 16.7. The van der Waals surface area contributed by atoms with Gasteiger partial charge < -0.3 is 10.5 Å². The minimum absolute atomic E-state index is 0.0935. The molecule has 5 heteroatoms. The standard InChI is InChI=1S/C18H27N3O2/c19-18(22)16-13-20(12-15-4-2-1-3-5-15)8-9-21(14-16)17-6-10-23-11-7-17/h1-5,16-17H,6-14H2,(H2,19,22)/t16-/m1/s1. The van der Waals surface area contributed by atoms with Gasteiger partial charge in [0.25, 0.3) is 0 Å². The molecule has 0 radical (unpaired) electrons. The maximum atomic E-state index is 11.9. The highest BCUT2D eigenvalue weighted by Gasteiger charge is 2.30. The van der Waals surface area contributed by atoms with Gasteiger partial charge in [-0.15, -0.1) is 0 Å². The molecule has 2 fully saturated rings. The van der Waals surface area contributed by atoms with Crippen molar-refractivity contribution in [3.63, 3.8) is 0 Å². The summed E-state index contributed by atoms with van der Waals surface area (Å²) in [6.45, 7) is 6.06. The van der Waals surface area contributed by atoms with E-state index in [1.54, 1.807) is 0 Å². The molecule has 1 amide bonds. The van der Waals surface area contributed by atoms with Gasteiger partial charge in [-0.2, -0.15) is 0 Å². The SMILES string of the molecule is NC(=O)[C@@H]1CN(Cc2ccccc2)CCN(C2CCOCC2)C1. The summed E-state index contributed by atoms with van der Waals surface area (Å²) in [6, 6.07) is 11.0. The van der Waals surface area contributed by atoms with Crippen LogP contribution in [-0.4, -0.2) is 61.1 Å². The maximum Gasteiger partial charge on any atom is 0.223 e. The zero-order valence-corrected chi connectivity index (χ0v) is 13.7. The Morgan fingerprint density at radius 3 is 2.57 bits per heavy atom. The molecule has 2 N–H and O–H groups in total. The summed E-state index contributed by atoms with van der Waals surface area (Å²) in [5.74, 6) is -0.272. The van der Waals surface area contributed by atoms with Crippen molar-refractivity contribution in [2.75, 3.05) is 39.4 Å². The van der Waals surface area contributed by atoms with E-state index in [0.29, 0.717) is 6.04 Å². The maximum absolute atomic E-state index is 11.9. The van der Waals surface area contributed by atoms with Crippen molar-refractivity contribution in [1.29, 1.82) is 0 Å². The van der Waals surface area contributed by atoms with E-state index < -0.39 is 0 Å². The van der Waals surface area contributed by atoms with Crippen LogP contribution in [0.3, 0.4) is 0 Å². The van der Waals surface area contributed by atoms with Crippen LogP contribution < -0.4 is 5.73 Å². The van der Waals surface area contributed by atoms with Crippen molar-refractivity contribution >= 4 is 5.91 Å². The second-order valence-electron chi connectivity index (χ2n) is 6.66. The summed E-state index contributed by atoms with van der Waals surface area (Å²) in [5.41, 5.74) is 6.95. The van der Waals surface area contributed by atoms with Crippen LogP contribution in [0, 0.1) is 5.92 Å². The monoisotopic (exact) mass is 317 g/mol. The number of carbonyl (C=O) groups excluding carboxylic acids is 1. The lowest BCUT2D eigenvalue weighted by molar-refractivity contribution is -0.122. The van der Waals surface area contributed by atoms with E-state index >= 15 is 0 Å². The van der Waals surface area contributed by atoms with E-state index in [2.05, 4.69) is 34.1 Å². The Labute approximate surface area is 138 Å². The Balaban J connectivity index is 1.66. The summed E-state index contributed by atoms with van der Waals surface area (Å²) in [6.07, 6.45) is 2.12. The molecule has 0 spiro atoms. The molecule has 1 aromatic carbocycles. The van der Waals surface area contributed by atoms with E-state index in [1.807, 2.05) is 6.07 Å². The van der Waals surface area contributed by atoms with Crippen molar-refractivity contribution < 1.29 is 9.53 Å². The topological polar surface area (TPSA) is 58.8 Å². The molecule has 0 bridgehead atoms. The van der Waals surface area contributed by atoms with Gasteiger partial charge in [0.05, 0.1) is 5.92 Å². The van der Waals surface area contributed by atoms with Crippen LogP contribution in [0.2, 0.25) is 0 Å². The van der Waals surface area contributed by atoms with Gasteiger partial charge in [0, 0.05) is 52.0 Å². The normalized spacial score (nSPS) is 25.1. The van der Waals surface area contributed by atoms with E-state index in [-0.39, 0.29) is 11.8 Å². The van der Waals surface area contributed by atoms with Crippen LogP contribution in [0.1, 0.15) is 18.4 Å². The van der Waals surface area contributed by atoms with Crippen molar-refractivity contribution in [1.82, 2.24) is 9.80 Å². The van der Waals surface area contributed by atoms with Crippen LogP contribution in [0.5, 0.6) is 0 Å². The highest BCUT2D eigenvalue weighted by Crippen LogP contribution is 2.20. The Morgan fingerprint density at radius 1 is 1.13 bits per heavy atom. The molecular weight excluding hydrogens is 290 g/mol. The molecule has 126 valence electrons. The zero-order chi connectivity index (χ0) is 16.1. The molecule has 0 unspecified atom stereocenters. The number of amides is 1. The molecule has 23 heavy (non-hydrogen) atoms. The smallest absolute Gasteiger partial charge is 0.223 e. The summed E-state index contributed by atoms with van der Waals surface area (Å²) >= 11 is 0. The fourth-order valence-corrected chi connectivity index (χ4v) is 3.65. The number of rotatable bonds is 4. The highest BCUT2D eigenvalue weighted by molar-refractivity contribution is 5.77. The largest absolute Gasteiger partial charge is 0.381 e. The van der Waals surface area contributed by atoms with Crippen LogP contribution >= 0.6 is 0 Å². The lowest BCUT2D eigenvalue weighted by Gasteiger charge is -2.34. The average molecular weight is 317 g/mol. The van der Waals surface area contributed by atoms with Gasteiger partial charge in [-0.1, -0.05) is 30.3 Å². The Bertz CT molecular complexity index is 502. The minimum Gasteiger partial charge on any atom is -0.381 e. The fraction of sp³-hybridized carbons (Fsp3) is 0.611. The predicted molar refractivity (Wildman–Crippen MR) is 89.8 cm³/mol. The van der Waals surface area contributed by atoms with Crippen LogP contribution in [0.15, 0.2) is 30.3 Å². The van der Waals surface area contributed by atoms with Gasteiger partial charge in [-0.05, 0) is 18.4 Å². The van der Waals surface area contributed by atoms with Gasteiger partial charge in [-0.3, -0.25) is 14.6 Å². The molecule has 2 heterocycles. The highest BCUT2D eigenvalue weighted by atomic mass is 16.5. The lowest BCUT2D eigenvalue weighted by Crippen LogP contribution is -2.44. The molecule has 0 saturated carbocycles. The van der Waals surface area contributed by atoms with Crippen molar-refractivity contribution in [3.8, 4) is 0 Å². The van der Waals surface area contributed by atoms with Crippen molar-refractivity contribution in [2.45, 2.75) is 25.4 Å². The summed E-state index contributed by atoms with van der Waals surface area (Å²) in [7, 11) is 0. The molecule has 2 aliphatic rings. The van der Waals surface area contributed by atoms with Gasteiger partial charge in [-0.25, -0.2) is 0 Å². The molecule has 5 nitrogen and oxygen atoms in total. The van der Waals surface area contributed by atoms with E-state index in [1.165, 1.54) is 5.56 Å². The number of hydrogen-bond acceptors (Lipinski definition) is 4. The number of benzene rings is 1. The Hall–Kier alpha value is -1.43. The molecule has 3 rings (SSSR count). The molecule has 0 aliphatic carbocycles. The average Bonchev–Trinajstić information content (AvgIpc) is 2.80. The zero-order valence-electron chi connectivity index (χ0n) is 13.7. The number of carbonyl (C=O) groups is 1. The second-order valence-corrected chi connectivity index (χ2v) is 6.66. The van der Waals surface area contributed by atoms with E-state index in [9.17, 15) is 4.79 Å². The first-order valence-electron chi connectivity index (χ1n) is 8.60. The molecular formula is C18H27N3O2. The first-order chi connectivity index (χ1) is 11.2. The third kappa shape index (κ3) is 4.53. The lowest BCUT2D eigenvalue weighted by atomic mass is 10.0. The van der Waals surface area contributed by atoms with E-state index in [4.69, 9.17) is 10.5 Å². The van der Waals surface area contributed by atoms with Crippen LogP contribution in [0.4, 0.5) is 0 Å². The minimum atomic E-state index is -0.179. The van der Waals surface area contributed by atoms with Gasteiger partial charge in [0.2, 0.25) is 5.91 Å². The van der Waals surface area contributed by atoms with Crippen LogP contribution in [-0.2, 0) is 16.1 Å². The number of nitrogens with zero attached hydrogens (tertiary/aromatic N) is 2. The first kappa shape index (κ1) is 16.4. The molecule has 0 aromatic heterocycles. The second kappa shape index (κ2) is 7.90.